The van der Waals surface area contributed by atoms with E-state index in [1.807, 2.05) is 54.6 Å². The average Bonchev–Trinajstić information content (AvgIpc) is 2.41. The molecular formula is C15H12ClIOS. The summed E-state index contributed by atoms with van der Waals surface area (Å²) in [6.45, 7) is 0. The number of rotatable bonds is 4. The van der Waals surface area contributed by atoms with Gasteiger partial charge in [-0.3, -0.25) is 0 Å². The van der Waals surface area contributed by atoms with Crippen LogP contribution >= 0.6 is 34.2 Å². The highest BCUT2D eigenvalue weighted by Crippen LogP contribution is 2.14. The van der Waals surface area contributed by atoms with Gasteiger partial charge in [0.05, 0.1) is 0 Å². The van der Waals surface area contributed by atoms with Gasteiger partial charge >= 0.3 is 0 Å². The van der Waals surface area contributed by atoms with Gasteiger partial charge in [-0.1, -0.05) is 35.9 Å². The van der Waals surface area contributed by atoms with Crippen molar-refractivity contribution in [2.45, 2.75) is 5.75 Å². The Kier molecular flexibility index (Phi) is 5.76. The Morgan fingerprint density at radius 1 is 1.05 bits per heavy atom. The Morgan fingerprint density at radius 3 is 2.32 bits per heavy atom. The molecular weight excluding hydrogens is 391 g/mol. The maximum Gasteiger partial charge on any atom is 0.135 e. The van der Waals surface area contributed by atoms with Gasteiger partial charge in [0, 0.05) is 14.2 Å². The van der Waals surface area contributed by atoms with Gasteiger partial charge in [-0.05, 0) is 69.7 Å². The average molecular weight is 403 g/mol. The summed E-state index contributed by atoms with van der Waals surface area (Å²) in [5.41, 5.74) is 2.08. The molecule has 0 aliphatic rings. The molecule has 0 spiro atoms. The minimum Gasteiger partial charge on any atom is -0.612 e. The predicted octanol–water partition coefficient (Wildman–Crippen LogP) is 4.86. The van der Waals surface area contributed by atoms with Gasteiger partial charge in [0.25, 0.3) is 0 Å². The van der Waals surface area contributed by atoms with Gasteiger partial charge in [0.1, 0.15) is 11.2 Å². The zero-order chi connectivity index (χ0) is 13.7. The minimum absolute atomic E-state index is 0.512. The SMILES string of the molecule is [O-][S+](C=Cc1ccc(I)cc1)Cc1ccc(Cl)cc1. The zero-order valence-electron chi connectivity index (χ0n) is 10.1. The van der Waals surface area contributed by atoms with E-state index in [2.05, 4.69) is 22.6 Å². The van der Waals surface area contributed by atoms with Crippen LogP contribution in [0.15, 0.2) is 53.9 Å². The highest BCUT2D eigenvalue weighted by molar-refractivity contribution is 14.1. The summed E-state index contributed by atoms with van der Waals surface area (Å²) >= 11 is 7.06. The number of hydrogen-bond donors (Lipinski definition) is 0. The fraction of sp³-hybridized carbons (Fsp3) is 0.0667. The molecule has 0 saturated heterocycles. The van der Waals surface area contributed by atoms with Crippen LogP contribution in [0, 0.1) is 3.57 Å². The zero-order valence-corrected chi connectivity index (χ0v) is 13.8. The van der Waals surface area contributed by atoms with Crippen LogP contribution in [0.5, 0.6) is 0 Å². The predicted molar refractivity (Wildman–Crippen MR) is 91.5 cm³/mol. The van der Waals surface area contributed by atoms with E-state index in [4.69, 9.17) is 11.6 Å². The van der Waals surface area contributed by atoms with Crippen LogP contribution in [0.2, 0.25) is 5.02 Å². The molecule has 4 heteroatoms. The lowest BCUT2D eigenvalue weighted by atomic mass is 10.2. The summed E-state index contributed by atoms with van der Waals surface area (Å²) < 4.78 is 13.1. The molecule has 0 aliphatic heterocycles. The molecule has 2 aromatic carbocycles. The standard InChI is InChI=1S/C15H12ClIOS/c16-14-5-1-13(2-6-14)11-19(18)10-9-12-3-7-15(17)8-4-12/h1-10H,11H2. The molecule has 1 nitrogen and oxygen atoms in total. The van der Waals surface area contributed by atoms with Crippen LogP contribution in [0.25, 0.3) is 6.08 Å². The highest BCUT2D eigenvalue weighted by atomic mass is 127. The molecule has 0 saturated carbocycles. The smallest absolute Gasteiger partial charge is 0.135 e. The molecule has 0 aliphatic carbocycles. The van der Waals surface area contributed by atoms with Crippen LogP contribution in [0.3, 0.4) is 0 Å². The van der Waals surface area contributed by atoms with Crippen molar-refractivity contribution in [3.05, 3.63) is 73.7 Å². The van der Waals surface area contributed by atoms with Crippen molar-refractivity contribution in [3.8, 4) is 0 Å². The van der Waals surface area contributed by atoms with Crippen molar-refractivity contribution >= 4 is 51.4 Å². The van der Waals surface area contributed by atoms with Crippen molar-refractivity contribution in [2.75, 3.05) is 0 Å². The molecule has 2 aromatic rings. The maximum absolute atomic E-state index is 11.9. The van der Waals surface area contributed by atoms with Crippen LogP contribution in [0.1, 0.15) is 11.1 Å². The Bertz CT molecular complexity index is 551. The molecule has 2 rings (SSSR count). The van der Waals surface area contributed by atoms with Crippen LogP contribution in [-0.2, 0) is 16.9 Å². The summed E-state index contributed by atoms with van der Waals surface area (Å²) in [5, 5.41) is 2.43. The first-order chi connectivity index (χ1) is 9.13. The van der Waals surface area contributed by atoms with Gasteiger partial charge in [0.2, 0.25) is 0 Å². The van der Waals surface area contributed by atoms with Crippen molar-refractivity contribution < 1.29 is 4.55 Å². The molecule has 0 N–H and O–H groups in total. The molecule has 0 radical (unpaired) electrons. The molecule has 0 heterocycles. The lowest BCUT2D eigenvalue weighted by Crippen LogP contribution is -1.99. The van der Waals surface area contributed by atoms with E-state index >= 15 is 0 Å². The van der Waals surface area contributed by atoms with E-state index in [0.29, 0.717) is 10.8 Å². The topological polar surface area (TPSA) is 23.1 Å². The molecule has 0 aromatic heterocycles. The maximum atomic E-state index is 11.9. The molecule has 1 unspecified atom stereocenters. The fourth-order valence-corrected chi connectivity index (χ4v) is 2.93. The molecule has 0 bridgehead atoms. The second-order valence-corrected chi connectivity index (χ2v) is 7.01. The van der Waals surface area contributed by atoms with Gasteiger partial charge in [-0.15, -0.1) is 0 Å². The van der Waals surface area contributed by atoms with E-state index in [0.717, 1.165) is 11.1 Å². The van der Waals surface area contributed by atoms with Crippen LogP contribution in [-0.4, -0.2) is 4.55 Å². The first-order valence-corrected chi connectivity index (χ1v) is 8.53. The Balaban J connectivity index is 1.95. The quantitative estimate of drug-likeness (QED) is 0.529. The van der Waals surface area contributed by atoms with E-state index in [1.54, 1.807) is 5.41 Å². The number of hydrogen-bond acceptors (Lipinski definition) is 1. The summed E-state index contributed by atoms with van der Waals surface area (Å²) in [6, 6.07) is 15.5. The Hall–Kier alpha value is -0.490. The lowest BCUT2D eigenvalue weighted by molar-refractivity contribution is 0.603. The molecule has 0 fully saturated rings. The summed E-state index contributed by atoms with van der Waals surface area (Å²) in [4.78, 5) is 0. The fourth-order valence-electron chi connectivity index (χ4n) is 1.52. The van der Waals surface area contributed by atoms with Gasteiger partial charge in [-0.2, -0.15) is 0 Å². The van der Waals surface area contributed by atoms with E-state index in [-0.39, 0.29) is 0 Å². The Morgan fingerprint density at radius 2 is 1.68 bits per heavy atom. The summed E-state index contributed by atoms with van der Waals surface area (Å²) in [5.74, 6) is 0.512. The van der Waals surface area contributed by atoms with E-state index < -0.39 is 11.2 Å². The normalized spacial score (nSPS) is 12.8. The van der Waals surface area contributed by atoms with Crippen molar-refractivity contribution in [1.29, 1.82) is 0 Å². The Labute approximate surface area is 135 Å². The first-order valence-electron chi connectivity index (χ1n) is 5.69. The first kappa shape index (κ1) is 14.9. The third kappa shape index (κ3) is 5.18. The largest absolute Gasteiger partial charge is 0.612 e. The second kappa shape index (κ2) is 7.33. The van der Waals surface area contributed by atoms with E-state index in [1.165, 1.54) is 3.57 Å². The molecule has 0 amide bonds. The monoisotopic (exact) mass is 402 g/mol. The number of benzene rings is 2. The number of halogens is 2. The van der Waals surface area contributed by atoms with Crippen molar-refractivity contribution in [1.82, 2.24) is 0 Å². The summed E-state index contributed by atoms with van der Waals surface area (Å²) in [6.07, 6.45) is 1.89. The van der Waals surface area contributed by atoms with E-state index in [9.17, 15) is 4.55 Å². The lowest BCUT2D eigenvalue weighted by Gasteiger charge is -2.05. The third-order valence-corrected chi connectivity index (χ3v) is 4.53. The van der Waals surface area contributed by atoms with Crippen LogP contribution < -0.4 is 0 Å². The van der Waals surface area contributed by atoms with Crippen LogP contribution in [0.4, 0.5) is 0 Å². The molecule has 19 heavy (non-hydrogen) atoms. The van der Waals surface area contributed by atoms with Gasteiger partial charge in [-0.25, -0.2) is 0 Å². The van der Waals surface area contributed by atoms with Crippen molar-refractivity contribution in [2.24, 2.45) is 0 Å². The molecule has 98 valence electrons. The third-order valence-electron chi connectivity index (χ3n) is 2.50. The van der Waals surface area contributed by atoms with Crippen molar-refractivity contribution in [3.63, 3.8) is 0 Å². The minimum atomic E-state index is -1.01. The van der Waals surface area contributed by atoms with Gasteiger partial charge in [0.15, 0.2) is 0 Å². The highest BCUT2D eigenvalue weighted by Gasteiger charge is 2.03. The summed E-state index contributed by atoms with van der Waals surface area (Å²) in [7, 11) is 0. The second-order valence-electron chi connectivity index (χ2n) is 4.01. The van der Waals surface area contributed by atoms with Gasteiger partial charge < -0.3 is 4.55 Å². The molecule has 1 atom stereocenters.